The molecule has 4 aromatic rings. The third-order valence-corrected chi connectivity index (χ3v) is 6.21. The van der Waals surface area contributed by atoms with Crippen molar-refractivity contribution in [3.05, 3.63) is 69.6 Å². The summed E-state index contributed by atoms with van der Waals surface area (Å²) in [5, 5.41) is 9.62. The van der Waals surface area contributed by atoms with Gasteiger partial charge in [-0.05, 0) is 44.2 Å². The number of imide groups is 1. The molecule has 10 heteroatoms. The summed E-state index contributed by atoms with van der Waals surface area (Å²) in [4.78, 5) is 44.0. The van der Waals surface area contributed by atoms with E-state index in [0.29, 0.717) is 15.5 Å². The molecule has 0 radical (unpaired) electrons. The van der Waals surface area contributed by atoms with Crippen LogP contribution in [0.5, 0.6) is 0 Å². The first-order valence-corrected chi connectivity index (χ1v) is 11.0. The molecule has 0 fully saturated rings. The van der Waals surface area contributed by atoms with Gasteiger partial charge in [0.05, 0.1) is 16.8 Å². The fraction of sp³-hybridized carbons (Fsp3) is 0.136. The Morgan fingerprint density at radius 3 is 2.50 bits per heavy atom. The zero-order chi connectivity index (χ0) is 22.6. The van der Waals surface area contributed by atoms with Gasteiger partial charge in [0.2, 0.25) is 4.96 Å². The van der Waals surface area contributed by atoms with Crippen LogP contribution in [-0.2, 0) is 0 Å². The van der Waals surface area contributed by atoms with E-state index in [1.807, 2.05) is 17.5 Å². The fourth-order valence-electron chi connectivity index (χ4n) is 3.60. The lowest BCUT2D eigenvalue weighted by molar-refractivity contribution is 0.0609. The Hall–Kier alpha value is -3.56. The highest BCUT2D eigenvalue weighted by atomic mass is 35.5. The van der Waals surface area contributed by atoms with Gasteiger partial charge in [0.15, 0.2) is 0 Å². The minimum Gasteiger partial charge on any atom is -0.289 e. The number of hydrogen-bond donors (Lipinski definition) is 1. The molecule has 32 heavy (non-hydrogen) atoms. The van der Waals surface area contributed by atoms with E-state index in [0.717, 1.165) is 11.3 Å². The van der Waals surface area contributed by atoms with E-state index in [1.165, 1.54) is 34.4 Å². The van der Waals surface area contributed by atoms with Crippen LogP contribution in [0.3, 0.4) is 0 Å². The molecule has 0 aliphatic carbocycles. The Bertz CT molecular complexity index is 1410. The van der Waals surface area contributed by atoms with Crippen LogP contribution >= 0.6 is 22.9 Å². The van der Waals surface area contributed by atoms with Gasteiger partial charge >= 0.3 is 0 Å². The van der Waals surface area contributed by atoms with Crippen molar-refractivity contribution in [1.29, 1.82) is 0 Å². The van der Waals surface area contributed by atoms with Crippen LogP contribution < -0.4 is 5.32 Å². The number of hydrogen-bond acceptors (Lipinski definition) is 6. The number of nitrogens with zero attached hydrogens (tertiary/aromatic N) is 4. The van der Waals surface area contributed by atoms with Gasteiger partial charge < -0.3 is 0 Å². The molecule has 3 heterocycles. The van der Waals surface area contributed by atoms with Crippen LogP contribution in [0, 0.1) is 0 Å². The third kappa shape index (κ3) is 3.26. The molecule has 0 saturated heterocycles. The van der Waals surface area contributed by atoms with Crippen molar-refractivity contribution in [1.82, 2.24) is 19.5 Å². The normalized spacial score (nSPS) is 13.3. The summed E-state index contributed by atoms with van der Waals surface area (Å²) in [6.45, 7) is 3.54. The number of anilines is 1. The first kappa shape index (κ1) is 20.3. The highest BCUT2D eigenvalue weighted by Gasteiger charge is 2.37. The summed E-state index contributed by atoms with van der Waals surface area (Å²) in [5.74, 6) is -1.08. The largest absolute Gasteiger partial charge is 0.289 e. The number of aromatic nitrogens is 3. The lowest BCUT2D eigenvalue weighted by atomic mass is 10.1. The topological polar surface area (TPSA) is 96.7 Å². The summed E-state index contributed by atoms with van der Waals surface area (Å²) in [7, 11) is 0. The highest BCUT2D eigenvalue weighted by molar-refractivity contribution is 7.15. The first-order valence-electron chi connectivity index (χ1n) is 9.77. The molecule has 2 aromatic heterocycles. The van der Waals surface area contributed by atoms with Crippen LogP contribution in [0.2, 0.25) is 5.02 Å². The summed E-state index contributed by atoms with van der Waals surface area (Å²) < 4.78 is 1.65. The second-order valence-electron chi connectivity index (χ2n) is 7.55. The van der Waals surface area contributed by atoms with E-state index in [-0.39, 0.29) is 29.0 Å². The van der Waals surface area contributed by atoms with Crippen LogP contribution in [-0.4, -0.2) is 43.3 Å². The lowest BCUT2D eigenvalue weighted by Gasteiger charge is -2.17. The van der Waals surface area contributed by atoms with Gasteiger partial charge in [-0.2, -0.15) is 4.98 Å². The quantitative estimate of drug-likeness (QED) is 0.451. The van der Waals surface area contributed by atoms with Gasteiger partial charge in [-0.1, -0.05) is 23.7 Å². The number of halogens is 1. The maximum atomic E-state index is 12.8. The molecule has 1 aliphatic rings. The molecule has 0 bridgehead atoms. The molecule has 3 amide bonds. The number of benzene rings is 2. The Morgan fingerprint density at radius 2 is 1.78 bits per heavy atom. The van der Waals surface area contributed by atoms with Crippen molar-refractivity contribution in [2.45, 2.75) is 19.9 Å². The summed E-state index contributed by atoms with van der Waals surface area (Å²) in [6, 6.07) is 11.5. The number of rotatable bonds is 4. The number of carbonyl (C=O) groups is 3. The maximum absolute atomic E-state index is 12.8. The predicted octanol–water partition coefficient (Wildman–Crippen LogP) is 4.37. The van der Waals surface area contributed by atoms with Crippen molar-refractivity contribution in [2.24, 2.45) is 0 Å². The van der Waals surface area contributed by atoms with Crippen molar-refractivity contribution < 1.29 is 14.4 Å². The van der Waals surface area contributed by atoms with Crippen LogP contribution in [0.15, 0.2) is 47.8 Å². The van der Waals surface area contributed by atoms with Crippen LogP contribution in [0.1, 0.15) is 44.9 Å². The lowest BCUT2D eigenvalue weighted by Crippen LogP contribution is -2.35. The van der Waals surface area contributed by atoms with Crippen molar-refractivity contribution in [3.8, 4) is 11.3 Å². The van der Waals surface area contributed by atoms with Gasteiger partial charge in [0.25, 0.3) is 23.7 Å². The molecule has 160 valence electrons. The monoisotopic (exact) mass is 465 g/mol. The minimum atomic E-state index is -0.470. The van der Waals surface area contributed by atoms with E-state index in [9.17, 15) is 14.4 Å². The van der Waals surface area contributed by atoms with Gasteiger partial charge in [0, 0.05) is 27.6 Å². The Morgan fingerprint density at radius 1 is 1.06 bits per heavy atom. The molecular formula is C22H16ClN5O3S. The Labute approximate surface area is 191 Å². The van der Waals surface area contributed by atoms with Gasteiger partial charge in [-0.3, -0.25) is 24.6 Å². The number of amides is 3. The zero-order valence-electron chi connectivity index (χ0n) is 17.0. The van der Waals surface area contributed by atoms with E-state index >= 15 is 0 Å². The number of fused-ring (bicyclic) bond motifs is 2. The molecular weight excluding hydrogens is 450 g/mol. The molecule has 0 unspecified atom stereocenters. The highest BCUT2D eigenvalue weighted by Crippen LogP contribution is 2.28. The Balaban J connectivity index is 1.41. The van der Waals surface area contributed by atoms with Crippen LogP contribution in [0.25, 0.3) is 16.2 Å². The summed E-state index contributed by atoms with van der Waals surface area (Å²) in [6.07, 6.45) is 0. The van der Waals surface area contributed by atoms with Crippen LogP contribution in [0.4, 0.5) is 5.95 Å². The van der Waals surface area contributed by atoms with E-state index in [4.69, 9.17) is 11.6 Å². The Kier molecular flexibility index (Phi) is 4.79. The molecule has 1 N–H and O–H groups in total. The molecule has 0 atom stereocenters. The second kappa shape index (κ2) is 7.54. The second-order valence-corrected chi connectivity index (χ2v) is 8.82. The van der Waals surface area contributed by atoms with Crippen molar-refractivity contribution >= 4 is 51.6 Å². The SMILES string of the molecule is CC(C)N1C(=O)c2ccc(C(=O)Nc3nc4scc(-c5ccc(Cl)cc5)n4n3)cc2C1=O. The van der Waals surface area contributed by atoms with E-state index in [1.54, 1.807) is 30.5 Å². The number of thiazole rings is 1. The molecule has 0 saturated carbocycles. The van der Waals surface area contributed by atoms with Gasteiger partial charge in [-0.25, -0.2) is 4.52 Å². The summed E-state index contributed by atoms with van der Waals surface area (Å²) in [5.41, 5.74) is 2.50. The molecule has 0 spiro atoms. The average Bonchev–Trinajstić information content (AvgIpc) is 3.40. The molecule has 1 aliphatic heterocycles. The van der Waals surface area contributed by atoms with E-state index in [2.05, 4.69) is 15.4 Å². The van der Waals surface area contributed by atoms with Gasteiger partial charge in [0.1, 0.15) is 0 Å². The molecule has 8 nitrogen and oxygen atoms in total. The van der Waals surface area contributed by atoms with Crippen molar-refractivity contribution in [2.75, 3.05) is 5.32 Å². The fourth-order valence-corrected chi connectivity index (χ4v) is 4.55. The predicted molar refractivity (Wildman–Crippen MR) is 121 cm³/mol. The minimum absolute atomic E-state index is 0.142. The van der Waals surface area contributed by atoms with E-state index < -0.39 is 11.8 Å². The third-order valence-electron chi connectivity index (χ3n) is 5.14. The number of nitrogens with one attached hydrogen (secondary N) is 1. The average molecular weight is 466 g/mol. The zero-order valence-corrected chi connectivity index (χ0v) is 18.6. The summed E-state index contributed by atoms with van der Waals surface area (Å²) >= 11 is 7.36. The molecule has 5 rings (SSSR count). The standard InChI is InChI=1S/C22H16ClN5O3S/c1-11(2)27-19(30)15-8-5-13(9-16(15)20(27)31)18(29)24-21-25-22-28(26-21)17(10-32-22)12-3-6-14(23)7-4-12/h3-11H,1-2H3,(H,24,26,29). The smallest absolute Gasteiger partial charge is 0.261 e. The van der Waals surface area contributed by atoms with Crippen molar-refractivity contribution in [3.63, 3.8) is 0 Å². The van der Waals surface area contributed by atoms with Gasteiger partial charge in [-0.15, -0.1) is 16.4 Å². The maximum Gasteiger partial charge on any atom is 0.261 e. The molecule has 2 aromatic carbocycles. The first-order chi connectivity index (χ1) is 15.3. The number of carbonyl (C=O) groups excluding carboxylic acids is 3.